The van der Waals surface area contributed by atoms with Gasteiger partial charge in [-0.25, -0.2) is 14.1 Å². The van der Waals surface area contributed by atoms with Gasteiger partial charge in [-0.15, -0.1) is 0 Å². The number of halogens is 1. The van der Waals surface area contributed by atoms with E-state index in [1.807, 2.05) is 0 Å². The SMILES string of the molecule is CC(C)[C@H](NCc1ccc(Cn2cncn2)cc1)c1ccc(F)cn1. The minimum atomic E-state index is -0.311. The number of hydrogen-bond acceptors (Lipinski definition) is 4. The normalized spacial score (nSPS) is 12.5. The molecule has 1 N–H and O–H groups in total. The van der Waals surface area contributed by atoms with Crippen molar-refractivity contribution >= 4 is 0 Å². The summed E-state index contributed by atoms with van der Waals surface area (Å²) in [5.41, 5.74) is 3.23. The van der Waals surface area contributed by atoms with Crippen molar-refractivity contribution in [2.45, 2.75) is 33.0 Å². The quantitative estimate of drug-likeness (QED) is 0.717. The predicted octanol–water partition coefficient (Wildman–Crippen LogP) is 3.35. The van der Waals surface area contributed by atoms with Crippen molar-refractivity contribution < 1.29 is 4.39 Å². The van der Waals surface area contributed by atoms with Gasteiger partial charge in [-0.3, -0.25) is 4.98 Å². The van der Waals surface area contributed by atoms with Crippen LogP contribution in [0.2, 0.25) is 0 Å². The maximum atomic E-state index is 13.1. The molecule has 1 atom stereocenters. The molecule has 25 heavy (non-hydrogen) atoms. The lowest BCUT2D eigenvalue weighted by Crippen LogP contribution is -2.26. The number of nitrogens with one attached hydrogen (secondary N) is 1. The second kappa shape index (κ2) is 7.98. The molecule has 0 aliphatic heterocycles. The van der Waals surface area contributed by atoms with Crippen LogP contribution in [0.15, 0.2) is 55.2 Å². The Morgan fingerprint density at radius 2 is 1.84 bits per heavy atom. The summed E-state index contributed by atoms with van der Waals surface area (Å²) in [4.78, 5) is 8.16. The average molecular weight is 339 g/mol. The van der Waals surface area contributed by atoms with Crippen LogP contribution in [0.4, 0.5) is 4.39 Å². The Bertz CT molecular complexity index is 767. The molecule has 5 nitrogen and oxygen atoms in total. The number of rotatable bonds is 7. The Morgan fingerprint density at radius 3 is 2.44 bits per heavy atom. The van der Waals surface area contributed by atoms with Gasteiger partial charge in [0.2, 0.25) is 0 Å². The van der Waals surface area contributed by atoms with Crippen LogP contribution in [0, 0.1) is 11.7 Å². The fourth-order valence-electron chi connectivity index (χ4n) is 2.74. The first kappa shape index (κ1) is 17.2. The molecule has 0 saturated heterocycles. The van der Waals surface area contributed by atoms with Crippen LogP contribution in [-0.2, 0) is 13.1 Å². The van der Waals surface area contributed by atoms with Crippen LogP contribution in [0.1, 0.15) is 36.7 Å². The highest BCUT2D eigenvalue weighted by Crippen LogP contribution is 2.20. The van der Waals surface area contributed by atoms with Crippen LogP contribution in [0.5, 0.6) is 0 Å². The second-order valence-corrected chi connectivity index (χ2v) is 6.41. The first-order valence-corrected chi connectivity index (χ1v) is 8.37. The van der Waals surface area contributed by atoms with Crippen LogP contribution in [0.3, 0.4) is 0 Å². The molecule has 3 rings (SSSR count). The Labute approximate surface area is 146 Å². The third-order valence-electron chi connectivity index (χ3n) is 4.10. The molecule has 6 heteroatoms. The zero-order valence-corrected chi connectivity index (χ0v) is 14.4. The minimum absolute atomic E-state index is 0.0791. The van der Waals surface area contributed by atoms with Gasteiger partial charge in [0, 0.05) is 6.54 Å². The smallest absolute Gasteiger partial charge is 0.141 e. The highest BCUT2D eigenvalue weighted by atomic mass is 19.1. The van der Waals surface area contributed by atoms with Crippen LogP contribution >= 0.6 is 0 Å². The van der Waals surface area contributed by atoms with E-state index in [0.29, 0.717) is 12.5 Å². The van der Waals surface area contributed by atoms with Crippen molar-refractivity contribution in [1.82, 2.24) is 25.1 Å². The molecule has 130 valence electrons. The van der Waals surface area contributed by atoms with Crippen LogP contribution in [0.25, 0.3) is 0 Å². The number of nitrogens with zero attached hydrogens (tertiary/aromatic N) is 4. The van der Waals surface area contributed by atoms with Crippen LogP contribution < -0.4 is 5.32 Å². The van der Waals surface area contributed by atoms with E-state index in [1.54, 1.807) is 17.1 Å². The highest BCUT2D eigenvalue weighted by molar-refractivity contribution is 5.23. The van der Waals surface area contributed by atoms with Gasteiger partial charge in [0.15, 0.2) is 0 Å². The lowest BCUT2D eigenvalue weighted by atomic mass is 10.00. The van der Waals surface area contributed by atoms with Crippen molar-refractivity contribution in [3.05, 3.63) is 77.9 Å². The highest BCUT2D eigenvalue weighted by Gasteiger charge is 2.16. The summed E-state index contributed by atoms with van der Waals surface area (Å²) in [6.45, 7) is 5.70. The minimum Gasteiger partial charge on any atom is -0.304 e. The molecule has 0 spiro atoms. The van der Waals surface area contributed by atoms with Gasteiger partial charge in [-0.05, 0) is 29.2 Å². The van der Waals surface area contributed by atoms with Crippen LogP contribution in [-0.4, -0.2) is 19.7 Å². The maximum Gasteiger partial charge on any atom is 0.141 e. The zero-order chi connectivity index (χ0) is 17.6. The molecule has 2 heterocycles. The van der Waals surface area contributed by atoms with Crippen molar-refractivity contribution in [2.75, 3.05) is 0 Å². The van der Waals surface area contributed by atoms with E-state index in [1.165, 1.54) is 29.7 Å². The Morgan fingerprint density at radius 1 is 1.08 bits per heavy atom. The summed E-state index contributed by atoms with van der Waals surface area (Å²) in [5.74, 6) is 0.0405. The number of benzene rings is 1. The fraction of sp³-hybridized carbons (Fsp3) is 0.316. The molecule has 0 fully saturated rings. The molecular weight excluding hydrogens is 317 g/mol. The van der Waals surface area contributed by atoms with Crippen molar-refractivity contribution in [3.63, 3.8) is 0 Å². The topological polar surface area (TPSA) is 55.6 Å². The lowest BCUT2D eigenvalue weighted by Gasteiger charge is -2.22. The molecule has 0 amide bonds. The maximum absolute atomic E-state index is 13.1. The molecular formula is C19H22FN5. The summed E-state index contributed by atoms with van der Waals surface area (Å²) in [6, 6.07) is 11.7. The number of hydrogen-bond donors (Lipinski definition) is 1. The third kappa shape index (κ3) is 4.70. The van der Waals surface area contributed by atoms with Gasteiger partial charge in [-0.2, -0.15) is 5.10 Å². The average Bonchev–Trinajstić information content (AvgIpc) is 3.11. The van der Waals surface area contributed by atoms with E-state index in [4.69, 9.17) is 0 Å². The van der Waals surface area contributed by atoms with Crippen molar-refractivity contribution in [3.8, 4) is 0 Å². The van der Waals surface area contributed by atoms with E-state index >= 15 is 0 Å². The largest absolute Gasteiger partial charge is 0.304 e. The van der Waals surface area contributed by atoms with E-state index in [0.717, 1.165) is 12.2 Å². The standard InChI is InChI=1S/C19H22FN5/c1-14(2)19(18-8-7-17(20)10-22-18)23-9-15-3-5-16(6-4-15)11-25-13-21-12-24-25/h3-8,10,12-14,19,23H,9,11H2,1-2H3/t19-/m0/s1. The van der Waals surface area contributed by atoms with E-state index < -0.39 is 0 Å². The van der Waals surface area contributed by atoms with Crippen molar-refractivity contribution in [2.24, 2.45) is 5.92 Å². The monoisotopic (exact) mass is 339 g/mol. The fourth-order valence-corrected chi connectivity index (χ4v) is 2.74. The summed E-state index contributed by atoms with van der Waals surface area (Å²) in [7, 11) is 0. The molecule has 0 radical (unpaired) electrons. The number of pyridine rings is 1. The zero-order valence-electron chi connectivity index (χ0n) is 14.4. The first-order chi connectivity index (χ1) is 12.1. The molecule has 2 aromatic heterocycles. The molecule has 3 aromatic rings. The molecule has 0 unspecified atom stereocenters. The summed E-state index contributed by atoms with van der Waals surface area (Å²) >= 11 is 0. The van der Waals surface area contributed by atoms with Gasteiger partial charge >= 0.3 is 0 Å². The summed E-state index contributed by atoms with van der Waals surface area (Å²) < 4.78 is 14.9. The summed E-state index contributed by atoms with van der Waals surface area (Å²) in [6.07, 6.45) is 4.51. The van der Waals surface area contributed by atoms with E-state index in [-0.39, 0.29) is 11.9 Å². The van der Waals surface area contributed by atoms with E-state index in [9.17, 15) is 4.39 Å². The molecule has 0 bridgehead atoms. The Hall–Kier alpha value is -2.60. The van der Waals surface area contributed by atoms with Gasteiger partial charge in [0.1, 0.15) is 18.5 Å². The second-order valence-electron chi connectivity index (χ2n) is 6.41. The first-order valence-electron chi connectivity index (χ1n) is 8.37. The summed E-state index contributed by atoms with van der Waals surface area (Å²) in [5, 5.41) is 7.64. The van der Waals surface area contributed by atoms with Crippen molar-refractivity contribution in [1.29, 1.82) is 0 Å². The Balaban J connectivity index is 1.61. The molecule has 0 saturated carbocycles. The lowest BCUT2D eigenvalue weighted by molar-refractivity contribution is 0.401. The van der Waals surface area contributed by atoms with Gasteiger partial charge in [-0.1, -0.05) is 38.1 Å². The van der Waals surface area contributed by atoms with E-state index in [2.05, 4.69) is 58.5 Å². The number of aromatic nitrogens is 4. The van der Waals surface area contributed by atoms with Gasteiger partial charge in [0.05, 0.1) is 24.5 Å². The van der Waals surface area contributed by atoms with Gasteiger partial charge in [0.25, 0.3) is 0 Å². The predicted molar refractivity (Wildman–Crippen MR) is 94.2 cm³/mol. The molecule has 0 aliphatic carbocycles. The third-order valence-corrected chi connectivity index (χ3v) is 4.10. The Kier molecular flexibility index (Phi) is 5.50. The molecule has 0 aliphatic rings. The van der Waals surface area contributed by atoms with Gasteiger partial charge < -0.3 is 5.32 Å². The molecule has 1 aromatic carbocycles.